The summed E-state index contributed by atoms with van der Waals surface area (Å²) in [6.07, 6.45) is 2.92. The van der Waals surface area contributed by atoms with Gasteiger partial charge in [-0.3, -0.25) is 0 Å². The maximum absolute atomic E-state index is 12.8. The number of carbonyl (C=O) groups excluding carboxylic acids is 1. The van der Waals surface area contributed by atoms with Gasteiger partial charge in [0.25, 0.3) is 0 Å². The van der Waals surface area contributed by atoms with E-state index in [0.29, 0.717) is 12.0 Å². The monoisotopic (exact) mass is 374 g/mol. The van der Waals surface area contributed by atoms with Crippen LogP contribution in [0.3, 0.4) is 0 Å². The Morgan fingerprint density at radius 1 is 1.19 bits per heavy atom. The molecule has 5 nitrogen and oxygen atoms in total. The van der Waals surface area contributed by atoms with Crippen LogP contribution >= 0.6 is 0 Å². The number of carbonyl (C=O) groups is 1. The smallest absolute Gasteiger partial charge is 0.338 e. The van der Waals surface area contributed by atoms with Crippen LogP contribution in [-0.4, -0.2) is 39.6 Å². The van der Waals surface area contributed by atoms with Gasteiger partial charge < -0.3 is 19.7 Å². The molecule has 6 atom stereocenters. The van der Waals surface area contributed by atoms with Crippen molar-refractivity contribution in [3.05, 3.63) is 29.8 Å². The van der Waals surface area contributed by atoms with Crippen LogP contribution in [0.1, 0.15) is 63.7 Å². The number of fused-ring (bicyclic) bond motifs is 2. The molecule has 2 saturated carbocycles. The number of benzene rings is 1. The number of epoxide rings is 1. The molecule has 1 saturated heterocycles. The van der Waals surface area contributed by atoms with Gasteiger partial charge in [0.05, 0.1) is 22.9 Å². The van der Waals surface area contributed by atoms with E-state index in [1.807, 2.05) is 0 Å². The summed E-state index contributed by atoms with van der Waals surface area (Å²) in [5.41, 5.74) is -0.826. The second-order valence-corrected chi connectivity index (χ2v) is 9.60. The Morgan fingerprint density at radius 2 is 1.85 bits per heavy atom. The molecule has 3 aliphatic rings. The number of aliphatic hydroxyl groups is 1. The van der Waals surface area contributed by atoms with Crippen LogP contribution in [0.2, 0.25) is 0 Å². The lowest BCUT2D eigenvalue weighted by Gasteiger charge is -2.44. The maximum atomic E-state index is 12.8. The normalized spacial score (nSPS) is 43.0. The summed E-state index contributed by atoms with van der Waals surface area (Å²) in [6, 6.07) is 6.09. The first kappa shape index (κ1) is 18.8. The van der Waals surface area contributed by atoms with Crippen LogP contribution in [0.15, 0.2) is 24.3 Å². The minimum atomic E-state index is -0.845. The molecule has 1 aromatic rings. The molecular weight excluding hydrogens is 344 g/mol. The maximum Gasteiger partial charge on any atom is 0.338 e. The third-order valence-corrected chi connectivity index (χ3v) is 7.41. The fourth-order valence-corrected chi connectivity index (χ4v) is 5.63. The summed E-state index contributed by atoms with van der Waals surface area (Å²) in [7, 11) is 0. The Morgan fingerprint density at radius 3 is 2.48 bits per heavy atom. The Hall–Kier alpha value is -1.59. The lowest BCUT2D eigenvalue weighted by atomic mass is 9.67. The highest BCUT2D eigenvalue weighted by Gasteiger charge is 2.68. The first-order valence-corrected chi connectivity index (χ1v) is 9.98. The van der Waals surface area contributed by atoms with Crippen molar-refractivity contribution in [2.24, 2.45) is 17.3 Å². The molecule has 3 fully saturated rings. The highest BCUT2D eigenvalue weighted by Crippen LogP contribution is 2.63. The Balaban J connectivity index is 1.67. The second kappa shape index (κ2) is 5.95. The number of hydrogen-bond acceptors (Lipinski definition) is 5. The molecule has 0 amide bonds. The van der Waals surface area contributed by atoms with Crippen LogP contribution in [0.4, 0.5) is 0 Å². The van der Waals surface area contributed by atoms with Crippen molar-refractivity contribution in [1.82, 2.24) is 0 Å². The summed E-state index contributed by atoms with van der Waals surface area (Å²) in [5.74, 6) is -0.329. The SMILES string of the molecule is CC(C)C1(O)CCC2(C)CC3OC3(C)CC(OC(=O)c3ccc(O)cc3)C21. The number of ether oxygens (including phenoxy) is 2. The fraction of sp³-hybridized carbons (Fsp3) is 0.682. The van der Waals surface area contributed by atoms with Gasteiger partial charge in [-0.15, -0.1) is 0 Å². The van der Waals surface area contributed by atoms with Crippen molar-refractivity contribution < 1.29 is 24.5 Å². The minimum absolute atomic E-state index is 0.0855. The van der Waals surface area contributed by atoms with E-state index >= 15 is 0 Å². The first-order chi connectivity index (χ1) is 12.6. The topological polar surface area (TPSA) is 79.3 Å². The highest BCUT2D eigenvalue weighted by atomic mass is 16.6. The van der Waals surface area contributed by atoms with Crippen LogP contribution in [-0.2, 0) is 9.47 Å². The molecule has 1 aromatic carbocycles. The highest BCUT2D eigenvalue weighted by molar-refractivity contribution is 5.89. The number of phenols is 1. The number of phenolic OH excluding ortho intramolecular Hbond substituents is 1. The third-order valence-electron chi connectivity index (χ3n) is 7.41. The molecule has 0 aromatic heterocycles. The third kappa shape index (κ3) is 2.95. The standard InChI is InChI=1S/C22H30O5/c1-13(2)22(25)10-9-20(3)12-17-21(4,27-17)11-16(18(20)22)26-19(24)14-5-7-15(23)8-6-14/h5-8,13,16-18,23,25H,9-12H2,1-4H3. The first-order valence-electron chi connectivity index (χ1n) is 9.98. The Labute approximate surface area is 160 Å². The van der Waals surface area contributed by atoms with E-state index in [1.165, 1.54) is 12.1 Å². The van der Waals surface area contributed by atoms with Gasteiger partial charge in [0.1, 0.15) is 11.9 Å². The van der Waals surface area contributed by atoms with Crippen LogP contribution < -0.4 is 0 Å². The summed E-state index contributed by atoms with van der Waals surface area (Å²) < 4.78 is 12.0. The van der Waals surface area contributed by atoms with Crippen molar-refractivity contribution in [2.75, 3.05) is 0 Å². The van der Waals surface area contributed by atoms with E-state index in [9.17, 15) is 15.0 Å². The summed E-state index contributed by atoms with van der Waals surface area (Å²) in [4.78, 5) is 12.8. The molecule has 0 radical (unpaired) electrons. The summed E-state index contributed by atoms with van der Waals surface area (Å²) in [6.45, 7) is 8.40. The molecule has 0 bridgehead atoms. The number of rotatable bonds is 3. The lowest BCUT2D eigenvalue weighted by molar-refractivity contribution is -0.120. The molecule has 148 valence electrons. The Kier molecular flexibility index (Phi) is 4.13. The van der Waals surface area contributed by atoms with Crippen LogP contribution in [0.5, 0.6) is 5.75 Å². The van der Waals surface area contributed by atoms with Crippen LogP contribution in [0.25, 0.3) is 0 Å². The molecular formula is C22H30O5. The molecule has 6 unspecified atom stereocenters. The van der Waals surface area contributed by atoms with Crippen LogP contribution in [0, 0.1) is 17.3 Å². The molecule has 0 spiro atoms. The number of esters is 1. The molecule has 1 heterocycles. The molecule has 2 N–H and O–H groups in total. The van der Waals surface area contributed by atoms with E-state index in [4.69, 9.17) is 9.47 Å². The molecule has 2 aliphatic carbocycles. The van der Waals surface area contributed by atoms with E-state index in [2.05, 4.69) is 27.7 Å². The van der Waals surface area contributed by atoms with Gasteiger partial charge in [-0.05, 0) is 61.8 Å². The van der Waals surface area contributed by atoms with Crippen molar-refractivity contribution in [1.29, 1.82) is 0 Å². The molecule has 27 heavy (non-hydrogen) atoms. The van der Waals surface area contributed by atoms with Crippen molar-refractivity contribution in [2.45, 2.75) is 76.8 Å². The van der Waals surface area contributed by atoms with E-state index in [0.717, 1.165) is 19.3 Å². The average molecular weight is 374 g/mol. The zero-order valence-electron chi connectivity index (χ0n) is 16.6. The average Bonchev–Trinajstić information content (AvgIpc) is 3.12. The van der Waals surface area contributed by atoms with Crippen molar-refractivity contribution in [3.63, 3.8) is 0 Å². The van der Waals surface area contributed by atoms with Gasteiger partial charge in [-0.1, -0.05) is 20.8 Å². The fourth-order valence-electron chi connectivity index (χ4n) is 5.63. The number of hydrogen-bond donors (Lipinski definition) is 2. The largest absolute Gasteiger partial charge is 0.508 e. The van der Waals surface area contributed by atoms with Gasteiger partial charge >= 0.3 is 5.97 Å². The van der Waals surface area contributed by atoms with Gasteiger partial charge in [0.2, 0.25) is 0 Å². The van der Waals surface area contributed by atoms with E-state index < -0.39 is 17.7 Å². The minimum Gasteiger partial charge on any atom is -0.508 e. The predicted octanol–water partition coefficient (Wildman–Crippen LogP) is 3.67. The zero-order chi connectivity index (χ0) is 19.6. The second-order valence-electron chi connectivity index (χ2n) is 9.60. The Bertz CT molecular complexity index is 744. The van der Waals surface area contributed by atoms with Gasteiger partial charge in [0, 0.05) is 12.3 Å². The number of aromatic hydroxyl groups is 1. The molecule has 1 aliphatic heterocycles. The van der Waals surface area contributed by atoms with Gasteiger partial charge in [-0.25, -0.2) is 4.79 Å². The van der Waals surface area contributed by atoms with Gasteiger partial charge in [-0.2, -0.15) is 0 Å². The quantitative estimate of drug-likeness (QED) is 0.623. The van der Waals surface area contributed by atoms with E-state index in [-0.39, 0.29) is 34.7 Å². The van der Waals surface area contributed by atoms with Gasteiger partial charge in [0.15, 0.2) is 0 Å². The molecule has 4 rings (SSSR count). The van der Waals surface area contributed by atoms with E-state index in [1.54, 1.807) is 12.1 Å². The molecule has 5 heteroatoms. The summed E-state index contributed by atoms with van der Waals surface area (Å²) in [5, 5.41) is 21.0. The summed E-state index contributed by atoms with van der Waals surface area (Å²) >= 11 is 0. The lowest BCUT2D eigenvalue weighted by Crippen LogP contribution is -2.50. The van der Waals surface area contributed by atoms with Crippen molar-refractivity contribution >= 4 is 5.97 Å². The predicted molar refractivity (Wildman–Crippen MR) is 100 cm³/mol. The zero-order valence-corrected chi connectivity index (χ0v) is 16.6. The van der Waals surface area contributed by atoms with Crippen molar-refractivity contribution in [3.8, 4) is 5.75 Å².